The summed E-state index contributed by atoms with van der Waals surface area (Å²) in [5.41, 5.74) is 0. The van der Waals surface area contributed by atoms with E-state index in [-0.39, 0.29) is 0 Å². The minimum atomic E-state index is 1.72. The van der Waals surface area contributed by atoms with E-state index in [1.807, 2.05) is 0 Å². The third-order valence-corrected chi connectivity index (χ3v) is 0. The molecule has 2 heteroatoms. The van der Waals surface area contributed by atoms with Gasteiger partial charge in [-0.15, -0.1) is 13.2 Å². The SMILES string of the molecule is C=C.O=[SH2]. The molecule has 0 aliphatic heterocycles. The Morgan fingerprint density at radius 3 is 1.25 bits per heavy atom. The Bertz CT molecular complexity index is 8.00. The molecule has 0 rings (SSSR count). The Labute approximate surface area is 30.9 Å². The van der Waals surface area contributed by atoms with E-state index in [1.165, 1.54) is 0 Å². The highest BCUT2D eigenvalue weighted by Gasteiger charge is 0.601. The fourth-order valence-corrected chi connectivity index (χ4v) is 0. The predicted octanol–water partition coefficient (Wildman–Crippen LogP) is -0.0695. The molecule has 0 N–H and O–H groups in total. The van der Waals surface area contributed by atoms with Crippen molar-refractivity contribution >= 4 is 12.5 Å². The monoisotopic (exact) mass is 78.0 g/mol. The molecule has 0 radical (unpaired) electrons. The quantitative estimate of drug-likeness (QED) is 0.371. The van der Waals surface area contributed by atoms with Gasteiger partial charge in [0.15, 0.2) is 0 Å². The van der Waals surface area contributed by atoms with Gasteiger partial charge in [0.25, 0.3) is 0 Å². The van der Waals surface area contributed by atoms with Gasteiger partial charge < -0.3 is 0 Å². The van der Waals surface area contributed by atoms with E-state index in [0.29, 0.717) is 0 Å². The van der Waals surface area contributed by atoms with Crippen molar-refractivity contribution in [3.05, 3.63) is 13.2 Å². The van der Waals surface area contributed by atoms with Crippen LogP contribution in [-0.4, -0.2) is 4.21 Å². The van der Waals surface area contributed by atoms with E-state index < -0.39 is 0 Å². The van der Waals surface area contributed by atoms with Crippen molar-refractivity contribution in [2.24, 2.45) is 0 Å². The molecule has 0 aliphatic carbocycles. The first kappa shape index (κ1) is 9.10. The summed E-state index contributed by atoms with van der Waals surface area (Å²) in [4.78, 5) is 0. The minimum absolute atomic E-state index is 1.72. The zero-order valence-corrected chi connectivity index (χ0v) is 3.32. The molecule has 26 valence electrons. The zero-order chi connectivity index (χ0) is 4.00. The zero-order valence-electron chi connectivity index (χ0n) is 2.32. The molecule has 0 unspecified atom stereocenters. The van der Waals surface area contributed by atoms with E-state index in [4.69, 9.17) is 4.21 Å². The van der Waals surface area contributed by atoms with Gasteiger partial charge in [-0.2, -0.15) is 0 Å². The second-order valence-electron chi connectivity index (χ2n) is 0. The molecule has 0 aromatic carbocycles. The number of rotatable bonds is 0. The lowest BCUT2D eigenvalue weighted by molar-refractivity contribution is 0.702. The van der Waals surface area contributed by atoms with Crippen LogP contribution in [-0.2, 0) is 12.5 Å². The maximum Gasteiger partial charge on any atom is -0.00591 e. The summed E-state index contributed by atoms with van der Waals surface area (Å²) >= 11 is 1.72. The van der Waals surface area contributed by atoms with Crippen molar-refractivity contribution in [1.29, 1.82) is 0 Å². The Hall–Kier alpha value is -0.110. The second-order valence-corrected chi connectivity index (χ2v) is 0. The number of hydrogen-bond acceptors (Lipinski definition) is 1. The van der Waals surface area contributed by atoms with Gasteiger partial charge in [-0.1, -0.05) is 0 Å². The molecule has 0 heterocycles. The topological polar surface area (TPSA) is 17.1 Å². The van der Waals surface area contributed by atoms with Gasteiger partial charge in [0.05, 0.1) is 0 Å². The third kappa shape index (κ3) is 124. The minimum Gasteiger partial charge on any atom is -0.266 e. The smallest absolute Gasteiger partial charge is 0.00591 e. The van der Waals surface area contributed by atoms with Crippen LogP contribution in [0, 0.1) is 0 Å². The molecular formula is C2H6OS. The Morgan fingerprint density at radius 1 is 1.25 bits per heavy atom. The summed E-state index contributed by atoms with van der Waals surface area (Å²) in [7, 11) is 0. The van der Waals surface area contributed by atoms with Crippen molar-refractivity contribution in [1.82, 2.24) is 0 Å². The van der Waals surface area contributed by atoms with Gasteiger partial charge >= 0.3 is 0 Å². The fourth-order valence-electron chi connectivity index (χ4n) is 0. The van der Waals surface area contributed by atoms with E-state index >= 15 is 0 Å². The van der Waals surface area contributed by atoms with Gasteiger partial charge in [0, 0.05) is 0 Å². The fraction of sp³-hybridized carbons (Fsp3) is 0. The van der Waals surface area contributed by atoms with Crippen molar-refractivity contribution in [2.75, 3.05) is 0 Å². The van der Waals surface area contributed by atoms with Crippen LogP contribution in [0.4, 0.5) is 0 Å². The summed E-state index contributed by atoms with van der Waals surface area (Å²) in [5.74, 6) is 0. The van der Waals surface area contributed by atoms with Crippen LogP contribution in [0.5, 0.6) is 0 Å². The molecule has 0 saturated heterocycles. The van der Waals surface area contributed by atoms with E-state index in [9.17, 15) is 0 Å². The lowest BCUT2D eigenvalue weighted by atomic mass is 11.3. The highest BCUT2D eigenvalue weighted by molar-refractivity contribution is 7.44. The highest BCUT2D eigenvalue weighted by atomic mass is 32.1. The molecular weight excluding hydrogens is 72.1 g/mol. The molecule has 0 atom stereocenters. The van der Waals surface area contributed by atoms with E-state index in [1.54, 1.807) is 12.5 Å². The van der Waals surface area contributed by atoms with Crippen molar-refractivity contribution in [3.63, 3.8) is 0 Å². The molecule has 0 fully saturated rings. The lowest BCUT2D eigenvalue weighted by Gasteiger charge is -0.855. The second kappa shape index (κ2) is 853. The van der Waals surface area contributed by atoms with Crippen LogP contribution in [0.3, 0.4) is 0 Å². The van der Waals surface area contributed by atoms with Gasteiger partial charge in [-0.3, -0.25) is 4.21 Å². The first-order chi connectivity index (χ1) is 2.00. The first-order valence-corrected chi connectivity index (χ1v) is 1.11. The van der Waals surface area contributed by atoms with Crippen LogP contribution in [0.2, 0.25) is 0 Å². The van der Waals surface area contributed by atoms with Crippen molar-refractivity contribution < 1.29 is 4.21 Å². The van der Waals surface area contributed by atoms with Crippen LogP contribution in [0.15, 0.2) is 13.2 Å². The largest absolute Gasteiger partial charge is 0.266 e. The highest BCUT2D eigenvalue weighted by Crippen LogP contribution is 0.862. The molecule has 0 aromatic heterocycles. The molecule has 0 spiro atoms. The molecule has 0 saturated carbocycles. The Balaban J connectivity index is 0. The van der Waals surface area contributed by atoms with Gasteiger partial charge in [0.1, 0.15) is 0 Å². The predicted molar refractivity (Wildman–Crippen MR) is 22.2 cm³/mol. The molecule has 0 aliphatic rings. The maximum atomic E-state index is 8.06. The van der Waals surface area contributed by atoms with Gasteiger partial charge in [0.2, 0.25) is 0 Å². The number of hydrogen-bond donors (Lipinski definition) is 0. The van der Waals surface area contributed by atoms with Crippen molar-refractivity contribution in [3.8, 4) is 0 Å². The molecule has 1 nitrogen and oxygen atoms in total. The summed E-state index contributed by atoms with van der Waals surface area (Å²) in [6.45, 7) is 6.00. The van der Waals surface area contributed by atoms with Crippen LogP contribution in [0.1, 0.15) is 0 Å². The van der Waals surface area contributed by atoms with Crippen LogP contribution < -0.4 is 0 Å². The summed E-state index contributed by atoms with van der Waals surface area (Å²) in [6, 6.07) is 0. The molecule has 4 heavy (non-hydrogen) atoms. The lowest BCUT2D eigenvalue weighted by Crippen LogP contribution is -0.894. The Kier molecular flexibility index (Phi) is 1940. The van der Waals surface area contributed by atoms with Crippen LogP contribution in [0.25, 0.3) is 0 Å². The van der Waals surface area contributed by atoms with Gasteiger partial charge in [-0.05, 0) is 12.5 Å². The average Bonchev–Trinajstić information content (AvgIpc) is 1.50. The van der Waals surface area contributed by atoms with E-state index in [2.05, 4.69) is 13.2 Å². The van der Waals surface area contributed by atoms with Crippen LogP contribution >= 0.6 is 0 Å². The maximum absolute atomic E-state index is 8.06. The van der Waals surface area contributed by atoms with Crippen molar-refractivity contribution in [2.45, 2.75) is 0 Å². The Morgan fingerprint density at radius 2 is 1.25 bits per heavy atom. The van der Waals surface area contributed by atoms with Gasteiger partial charge in [-0.25, -0.2) is 0 Å². The normalized spacial score (nSPS) is 2.25. The first-order valence-electron chi connectivity index (χ1n) is 0.704. The molecule has 0 aromatic rings. The summed E-state index contributed by atoms with van der Waals surface area (Å²) in [6.07, 6.45) is 0. The average molecular weight is 78.1 g/mol. The standard InChI is InChI=1S/C2H4.H2OS/c2*1-2/h1-2H2;2H2. The summed E-state index contributed by atoms with van der Waals surface area (Å²) < 4.78 is 8.06. The summed E-state index contributed by atoms with van der Waals surface area (Å²) in [5, 5.41) is 0. The molecule has 0 amide bonds. The molecule has 0 bridgehead atoms. The third-order valence-electron chi connectivity index (χ3n) is 0. The van der Waals surface area contributed by atoms with E-state index in [0.717, 1.165) is 0 Å².